The molecule has 0 radical (unpaired) electrons. The number of hydrogen-bond donors (Lipinski definition) is 2. The number of ether oxygens (including phenoxy) is 1. The molecule has 1 amide bonds. The van der Waals surface area contributed by atoms with Crippen molar-refractivity contribution in [3.05, 3.63) is 24.3 Å². The van der Waals surface area contributed by atoms with Crippen LogP contribution < -0.4 is 15.5 Å². The summed E-state index contributed by atoms with van der Waals surface area (Å²) in [4.78, 5) is 13.9. The van der Waals surface area contributed by atoms with E-state index in [0.29, 0.717) is 19.7 Å². The Hall–Kier alpha value is -1.59. The standard InChI is InChI=1S/C15H25N3O2/c1-4-18(5-2)14-8-6-13(7-9-14)17-15(19)12-16-10-11-20-3/h6-9,16H,4-5,10-12H2,1-3H3,(H,17,19). The Labute approximate surface area is 121 Å². The van der Waals surface area contributed by atoms with Gasteiger partial charge in [0.05, 0.1) is 13.2 Å². The smallest absolute Gasteiger partial charge is 0.238 e. The van der Waals surface area contributed by atoms with Gasteiger partial charge in [-0.15, -0.1) is 0 Å². The maximum absolute atomic E-state index is 11.7. The molecule has 5 heteroatoms. The lowest BCUT2D eigenvalue weighted by Crippen LogP contribution is -2.30. The molecule has 0 aliphatic carbocycles. The summed E-state index contributed by atoms with van der Waals surface area (Å²) < 4.78 is 4.90. The van der Waals surface area contributed by atoms with Crippen LogP contribution >= 0.6 is 0 Å². The molecule has 1 aromatic carbocycles. The Bertz CT molecular complexity index is 389. The Morgan fingerprint density at radius 1 is 1.20 bits per heavy atom. The molecular weight excluding hydrogens is 254 g/mol. The van der Waals surface area contributed by atoms with E-state index in [2.05, 4.69) is 29.4 Å². The third-order valence-electron chi connectivity index (χ3n) is 3.05. The Balaban J connectivity index is 2.42. The lowest BCUT2D eigenvalue weighted by atomic mass is 10.2. The van der Waals surface area contributed by atoms with Crippen LogP contribution in [0.4, 0.5) is 11.4 Å². The van der Waals surface area contributed by atoms with Crippen molar-refractivity contribution in [2.45, 2.75) is 13.8 Å². The van der Waals surface area contributed by atoms with Gasteiger partial charge < -0.3 is 20.3 Å². The zero-order chi connectivity index (χ0) is 14.8. The molecule has 0 aliphatic rings. The van der Waals surface area contributed by atoms with E-state index in [9.17, 15) is 4.79 Å². The first-order valence-electron chi connectivity index (χ1n) is 7.05. The molecule has 0 atom stereocenters. The summed E-state index contributed by atoms with van der Waals surface area (Å²) in [6, 6.07) is 7.92. The predicted molar refractivity (Wildman–Crippen MR) is 83.4 cm³/mol. The molecule has 0 fully saturated rings. The minimum Gasteiger partial charge on any atom is -0.383 e. The zero-order valence-electron chi connectivity index (χ0n) is 12.6. The molecule has 112 valence electrons. The second-order valence-corrected chi connectivity index (χ2v) is 4.44. The van der Waals surface area contributed by atoms with Crippen molar-refractivity contribution >= 4 is 17.3 Å². The van der Waals surface area contributed by atoms with Gasteiger partial charge in [0.15, 0.2) is 0 Å². The summed E-state index contributed by atoms with van der Waals surface area (Å²) in [7, 11) is 1.64. The molecule has 20 heavy (non-hydrogen) atoms. The lowest BCUT2D eigenvalue weighted by molar-refractivity contribution is -0.115. The lowest BCUT2D eigenvalue weighted by Gasteiger charge is -2.21. The van der Waals surface area contributed by atoms with Crippen molar-refractivity contribution in [3.8, 4) is 0 Å². The monoisotopic (exact) mass is 279 g/mol. The fourth-order valence-corrected chi connectivity index (χ4v) is 1.93. The van der Waals surface area contributed by atoms with Gasteiger partial charge in [0.1, 0.15) is 0 Å². The first-order chi connectivity index (χ1) is 9.71. The van der Waals surface area contributed by atoms with Crippen molar-refractivity contribution in [3.63, 3.8) is 0 Å². The summed E-state index contributed by atoms with van der Waals surface area (Å²) in [6.07, 6.45) is 0. The second kappa shape index (κ2) is 9.34. The Kier molecular flexibility index (Phi) is 7.69. The number of benzene rings is 1. The Morgan fingerprint density at radius 2 is 1.85 bits per heavy atom. The summed E-state index contributed by atoms with van der Waals surface area (Å²) in [5, 5.41) is 5.87. The minimum atomic E-state index is -0.0447. The topological polar surface area (TPSA) is 53.6 Å². The van der Waals surface area contributed by atoms with E-state index in [1.807, 2.05) is 24.3 Å². The average Bonchev–Trinajstić information content (AvgIpc) is 2.47. The van der Waals surface area contributed by atoms with E-state index in [1.165, 1.54) is 5.69 Å². The van der Waals surface area contributed by atoms with Gasteiger partial charge in [0, 0.05) is 38.1 Å². The summed E-state index contributed by atoms with van der Waals surface area (Å²) in [6.45, 7) is 7.78. The maximum Gasteiger partial charge on any atom is 0.238 e. The van der Waals surface area contributed by atoms with Crippen molar-refractivity contribution in [2.75, 3.05) is 50.1 Å². The molecule has 2 N–H and O–H groups in total. The molecule has 0 saturated carbocycles. The number of carbonyl (C=O) groups excluding carboxylic acids is 1. The number of anilines is 2. The van der Waals surface area contributed by atoms with Gasteiger partial charge in [-0.2, -0.15) is 0 Å². The van der Waals surface area contributed by atoms with Crippen molar-refractivity contribution in [1.29, 1.82) is 0 Å². The molecule has 0 spiro atoms. The van der Waals surface area contributed by atoms with E-state index in [0.717, 1.165) is 18.8 Å². The summed E-state index contributed by atoms with van der Waals surface area (Å²) in [5.74, 6) is -0.0447. The molecular formula is C15H25N3O2. The van der Waals surface area contributed by atoms with Crippen LogP contribution in [0.15, 0.2) is 24.3 Å². The van der Waals surface area contributed by atoms with Gasteiger partial charge >= 0.3 is 0 Å². The molecule has 0 unspecified atom stereocenters. The molecule has 0 aliphatic heterocycles. The number of nitrogens with zero attached hydrogens (tertiary/aromatic N) is 1. The van der Waals surface area contributed by atoms with Crippen molar-refractivity contribution in [1.82, 2.24) is 5.32 Å². The fourth-order valence-electron chi connectivity index (χ4n) is 1.93. The first kappa shape index (κ1) is 16.5. The normalized spacial score (nSPS) is 10.3. The van der Waals surface area contributed by atoms with Crippen molar-refractivity contribution < 1.29 is 9.53 Å². The van der Waals surface area contributed by atoms with Crippen LogP contribution in [0.25, 0.3) is 0 Å². The van der Waals surface area contributed by atoms with Crippen LogP contribution in [0.2, 0.25) is 0 Å². The maximum atomic E-state index is 11.7. The first-order valence-corrected chi connectivity index (χ1v) is 7.05. The van der Waals surface area contributed by atoms with Crippen LogP contribution in [-0.4, -0.2) is 45.8 Å². The highest BCUT2D eigenvalue weighted by Crippen LogP contribution is 2.17. The van der Waals surface area contributed by atoms with Crippen LogP contribution in [-0.2, 0) is 9.53 Å². The second-order valence-electron chi connectivity index (χ2n) is 4.44. The third-order valence-corrected chi connectivity index (χ3v) is 3.05. The predicted octanol–water partition coefficient (Wildman–Crippen LogP) is 1.71. The van der Waals surface area contributed by atoms with Crippen molar-refractivity contribution in [2.24, 2.45) is 0 Å². The summed E-state index contributed by atoms with van der Waals surface area (Å²) >= 11 is 0. The number of nitrogens with one attached hydrogen (secondary N) is 2. The molecule has 5 nitrogen and oxygen atoms in total. The van der Waals surface area contributed by atoms with E-state index < -0.39 is 0 Å². The zero-order valence-corrected chi connectivity index (χ0v) is 12.6. The number of hydrogen-bond acceptors (Lipinski definition) is 4. The number of carbonyl (C=O) groups is 1. The van der Waals surface area contributed by atoms with Crippen LogP contribution in [0.3, 0.4) is 0 Å². The van der Waals surface area contributed by atoms with Gasteiger partial charge in [-0.25, -0.2) is 0 Å². The number of methoxy groups -OCH3 is 1. The highest BCUT2D eigenvalue weighted by Gasteiger charge is 2.04. The molecule has 0 heterocycles. The minimum absolute atomic E-state index is 0.0447. The van der Waals surface area contributed by atoms with Gasteiger partial charge in [0.25, 0.3) is 0 Å². The highest BCUT2D eigenvalue weighted by molar-refractivity contribution is 5.92. The van der Waals surface area contributed by atoms with E-state index in [-0.39, 0.29) is 5.91 Å². The molecule has 0 aromatic heterocycles. The van der Waals surface area contributed by atoms with Gasteiger partial charge in [0.2, 0.25) is 5.91 Å². The molecule has 1 aromatic rings. The quantitative estimate of drug-likeness (QED) is 0.676. The average molecular weight is 279 g/mol. The molecule has 1 rings (SSSR count). The van der Waals surface area contributed by atoms with Gasteiger partial charge in [-0.1, -0.05) is 0 Å². The van der Waals surface area contributed by atoms with Crippen LogP contribution in [0.5, 0.6) is 0 Å². The number of rotatable bonds is 9. The van der Waals surface area contributed by atoms with Gasteiger partial charge in [-0.05, 0) is 38.1 Å². The van der Waals surface area contributed by atoms with E-state index >= 15 is 0 Å². The van der Waals surface area contributed by atoms with E-state index in [1.54, 1.807) is 7.11 Å². The summed E-state index contributed by atoms with van der Waals surface area (Å²) in [5.41, 5.74) is 1.99. The SMILES string of the molecule is CCN(CC)c1ccc(NC(=O)CNCCOC)cc1. The fraction of sp³-hybridized carbons (Fsp3) is 0.533. The van der Waals surface area contributed by atoms with E-state index in [4.69, 9.17) is 4.74 Å². The Morgan fingerprint density at radius 3 is 2.40 bits per heavy atom. The molecule has 0 saturated heterocycles. The highest BCUT2D eigenvalue weighted by atomic mass is 16.5. The third kappa shape index (κ3) is 5.59. The van der Waals surface area contributed by atoms with Crippen LogP contribution in [0, 0.1) is 0 Å². The molecule has 0 bridgehead atoms. The van der Waals surface area contributed by atoms with Gasteiger partial charge in [-0.3, -0.25) is 4.79 Å². The number of amides is 1. The largest absolute Gasteiger partial charge is 0.383 e. The van der Waals surface area contributed by atoms with Crippen LogP contribution in [0.1, 0.15) is 13.8 Å².